The summed E-state index contributed by atoms with van der Waals surface area (Å²) in [5.74, 6) is -1.30. The summed E-state index contributed by atoms with van der Waals surface area (Å²) in [6.45, 7) is 5.28. The number of aryl methyl sites for hydroxylation is 1. The van der Waals surface area contributed by atoms with E-state index in [1.54, 1.807) is 13.0 Å². The second kappa shape index (κ2) is 10.0. The van der Waals surface area contributed by atoms with Gasteiger partial charge in [0.2, 0.25) is 5.75 Å². The number of ether oxygens (including phenoxy) is 2. The van der Waals surface area contributed by atoms with Gasteiger partial charge in [0, 0.05) is 12.1 Å². The Hall–Kier alpha value is -4.11. The van der Waals surface area contributed by atoms with Crippen molar-refractivity contribution in [1.82, 2.24) is 19.3 Å². The van der Waals surface area contributed by atoms with Gasteiger partial charge in [0.05, 0.1) is 42.4 Å². The van der Waals surface area contributed by atoms with Crippen LogP contribution in [0, 0.1) is 11.3 Å². The van der Waals surface area contributed by atoms with Crippen LogP contribution in [0.1, 0.15) is 29.4 Å². The lowest BCUT2D eigenvalue weighted by Gasteiger charge is -2.15. The van der Waals surface area contributed by atoms with Crippen molar-refractivity contribution in [2.45, 2.75) is 19.6 Å². The molecule has 2 aromatic heterocycles. The van der Waals surface area contributed by atoms with Gasteiger partial charge in [0.15, 0.2) is 5.69 Å². The Labute approximate surface area is 201 Å². The fourth-order valence-corrected chi connectivity index (χ4v) is 3.28. The second-order valence-corrected chi connectivity index (χ2v) is 7.51. The average Bonchev–Trinajstić information content (AvgIpc) is 2.77. The molecule has 0 saturated heterocycles. The van der Waals surface area contributed by atoms with Crippen LogP contribution < -0.4 is 15.9 Å². The fourth-order valence-electron chi connectivity index (χ4n) is 3.05. The summed E-state index contributed by atoms with van der Waals surface area (Å²) in [6.07, 6.45) is -4.32. The molecule has 0 N–H and O–H groups in total. The first-order chi connectivity index (χ1) is 16.4. The molecule has 0 bridgehead atoms. The molecule has 0 amide bonds. The van der Waals surface area contributed by atoms with E-state index in [9.17, 15) is 22.8 Å². The Morgan fingerprint density at radius 1 is 1.23 bits per heavy atom. The third-order valence-corrected chi connectivity index (χ3v) is 4.77. The first kappa shape index (κ1) is 25.5. The first-order valence-electron chi connectivity index (χ1n) is 9.89. The molecule has 182 valence electrons. The topological polar surface area (TPSA) is 112 Å². The van der Waals surface area contributed by atoms with E-state index in [1.807, 2.05) is 0 Å². The van der Waals surface area contributed by atoms with Crippen LogP contribution in [0.3, 0.4) is 0 Å². The number of nitrogens with zero attached hydrogens (tertiary/aromatic N) is 5. The van der Waals surface area contributed by atoms with Gasteiger partial charge in [-0.15, -0.1) is 0 Å². The zero-order chi connectivity index (χ0) is 25.9. The summed E-state index contributed by atoms with van der Waals surface area (Å²) in [4.78, 5) is 28.7. The number of rotatable bonds is 7. The van der Waals surface area contributed by atoms with Crippen LogP contribution in [-0.4, -0.2) is 25.9 Å². The molecular formula is C22H17ClF3N5O4. The summed E-state index contributed by atoms with van der Waals surface area (Å²) < 4.78 is 53.1. The number of halogens is 4. The maximum absolute atomic E-state index is 13.6. The van der Waals surface area contributed by atoms with Crippen LogP contribution in [0.4, 0.5) is 13.2 Å². The van der Waals surface area contributed by atoms with Crippen LogP contribution >= 0.6 is 11.6 Å². The molecule has 35 heavy (non-hydrogen) atoms. The Bertz CT molecular complexity index is 1460. The third-order valence-electron chi connectivity index (χ3n) is 4.55. The minimum atomic E-state index is -5.01. The number of benzene rings is 1. The predicted octanol–water partition coefficient (Wildman–Crippen LogP) is 3.73. The predicted molar refractivity (Wildman–Crippen MR) is 119 cm³/mol. The van der Waals surface area contributed by atoms with Gasteiger partial charge in [0.1, 0.15) is 11.5 Å². The molecule has 0 atom stereocenters. The van der Waals surface area contributed by atoms with E-state index in [2.05, 4.69) is 16.7 Å². The van der Waals surface area contributed by atoms with Gasteiger partial charge in [-0.3, -0.25) is 14.2 Å². The van der Waals surface area contributed by atoms with Crippen molar-refractivity contribution in [1.29, 1.82) is 5.26 Å². The Morgan fingerprint density at radius 2 is 1.94 bits per heavy atom. The summed E-state index contributed by atoms with van der Waals surface area (Å²) in [5, 5.41) is 13.1. The van der Waals surface area contributed by atoms with E-state index in [0.29, 0.717) is 6.33 Å². The van der Waals surface area contributed by atoms with Crippen molar-refractivity contribution < 1.29 is 22.6 Å². The molecule has 9 nitrogen and oxygen atoms in total. The minimum absolute atomic E-state index is 0.0155. The third kappa shape index (κ3) is 5.70. The highest BCUT2D eigenvalue weighted by Gasteiger charge is 2.38. The summed E-state index contributed by atoms with van der Waals surface area (Å²) >= 11 is 5.89. The Balaban J connectivity index is 2.10. The molecule has 0 fully saturated rings. The second-order valence-electron chi connectivity index (χ2n) is 7.08. The van der Waals surface area contributed by atoms with Crippen molar-refractivity contribution >= 4 is 17.4 Å². The van der Waals surface area contributed by atoms with Gasteiger partial charge in [-0.1, -0.05) is 18.2 Å². The van der Waals surface area contributed by atoms with E-state index in [-0.39, 0.29) is 46.5 Å². The van der Waals surface area contributed by atoms with E-state index < -0.39 is 28.7 Å². The summed E-state index contributed by atoms with van der Waals surface area (Å²) in [5.41, 5.74) is -3.01. The molecule has 3 rings (SSSR count). The van der Waals surface area contributed by atoms with Crippen LogP contribution in [0.2, 0.25) is 5.02 Å². The van der Waals surface area contributed by atoms with Gasteiger partial charge in [-0.25, -0.2) is 9.67 Å². The van der Waals surface area contributed by atoms with Crippen molar-refractivity contribution in [3.63, 3.8) is 0 Å². The summed E-state index contributed by atoms with van der Waals surface area (Å²) in [6, 6.07) is 6.67. The van der Waals surface area contributed by atoms with Gasteiger partial charge in [0.25, 0.3) is 11.1 Å². The van der Waals surface area contributed by atoms with E-state index in [0.717, 1.165) is 21.4 Å². The minimum Gasteiger partial charge on any atom is -0.494 e. The lowest BCUT2D eigenvalue weighted by atomic mass is 10.2. The Kier molecular flexibility index (Phi) is 7.31. The molecule has 0 aliphatic rings. The maximum Gasteiger partial charge on any atom is 0.437 e. The van der Waals surface area contributed by atoms with Crippen molar-refractivity contribution in [2.24, 2.45) is 7.05 Å². The van der Waals surface area contributed by atoms with E-state index in [1.165, 1.54) is 19.2 Å². The molecule has 0 aliphatic heterocycles. The molecule has 0 aliphatic carbocycles. The maximum atomic E-state index is 13.6. The average molecular weight is 508 g/mol. The Morgan fingerprint density at radius 3 is 2.57 bits per heavy atom. The zero-order valence-corrected chi connectivity index (χ0v) is 19.1. The highest BCUT2D eigenvalue weighted by atomic mass is 35.5. The standard InChI is InChI=1S/C22H17ClF3N5O4/c1-4-34-12(2)17-8-15(29-30(3)20(17)32)10-31-11-28-19(22(24,25)26)18(21(31)33)35-16-6-13(9-27)5-14(23)7-16/h5-8,11H,2,4,10H2,1,3H3. The SMILES string of the molecule is C=C(OCC)c1cc(Cn2cnc(C(F)(F)F)c(Oc3cc(Cl)cc(C#N)c3)c2=O)nn(C)c1=O. The first-order valence-corrected chi connectivity index (χ1v) is 10.3. The van der Waals surface area contributed by atoms with Crippen LogP contribution in [0.5, 0.6) is 11.5 Å². The molecule has 0 unspecified atom stereocenters. The van der Waals surface area contributed by atoms with Crippen LogP contribution in [0.25, 0.3) is 5.76 Å². The molecule has 0 spiro atoms. The number of aromatic nitrogens is 4. The number of nitriles is 1. The zero-order valence-electron chi connectivity index (χ0n) is 18.4. The monoisotopic (exact) mass is 507 g/mol. The van der Waals surface area contributed by atoms with E-state index in [4.69, 9.17) is 26.3 Å². The molecule has 3 aromatic rings. The van der Waals surface area contributed by atoms with E-state index >= 15 is 0 Å². The lowest BCUT2D eigenvalue weighted by Crippen LogP contribution is -2.29. The molecule has 0 radical (unpaired) electrons. The number of hydrogen-bond acceptors (Lipinski definition) is 7. The van der Waals surface area contributed by atoms with Crippen molar-refractivity contribution in [3.05, 3.63) is 85.4 Å². The smallest absolute Gasteiger partial charge is 0.437 e. The van der Waals surface area contributed by atoms with Gasteiger partial charge in [-0.2, -0.15) is 23.5 Å². The van der Waals surface area contributed by atoms with Gasteiger partial charge < -0.3 is 9.47 Å². The molecular weight excluding hydrogens is 491 g/mol. The van der Waals surface area contributed by atoms with Crippen LogP contribution in [-0.2, 0) is 24.5 Å². The summed E-state index contributed by atoms with van der Waals surface area (Å²) in [7, 11) is 1.36. The van der Waals surface area contributed by atoms with Gasteiger partial charge in [-0.05, 0) is 31.2 Å². The number of hydrogen-bond donors (Lipinski definition) is 0. The quantitative estimate of drug-likeness (QED) is 0.448. The molecule has 1 aromatic carbocycles. The largest absolute Gasteiger partial charge is 0.494 e. The molecule has 0 saturated carbocycles. The highest BCUT2D eigenvalue weighted by Crippen LogP contribution is 2.35. The molecule has 13 heteroatoms. The van der Waals surface area contributed by atoms with Gasteiger partial charge >= 0.3 is 6.18 Å². The molecule has 2 heterocycles. The van der Waals surface area contributed by atoms with Crippen LogP contribution in [0.15, 0.2) is 46.8 Å². The normalized spacial score (nSPS) is 11.1. The fraction of sp³-hybridized carbons (Fsp3) is 0.227. The van der Waals surface area contributed by atoms with Crippen molar-refractivity contribution in [2.75, 3.05) is 6.61 Å². The lowest BCUT2D eigenvalue weighted by molar-refractivity contribution is -0.142. The van der Waals surface area contributed by atoms with Crippen molar-refractivity contribution in [3.8, 4) is 17.6 Å². The number of alkyl halides is 3. The highest BCUT2D eigenvalue weighted by molar-refractivity contribution is 6.30.